The summed E-state index contributed by atoms with van der Waals surface area (Å²) in [5.41, 5.74) is 0.831. The van der Waals surface area contributed by atoms with Gasteiger partial charge in [-0.05, 0) is 61.8 Å². The van der Waals surface area contributed by atoms with Crippen molar-refractivity contribution in [3.05, 3.63) is 36.5 Å². The van der Waals surface area contributed by atoms with Gasteiger partial charge in [0, 0.05) is 24.7 Å². The van der Waals surface area contributed by atoms with Crippen molar-refractivity contribution in [2.24, 2.45) is 11.8 Å². The number of fused-ring (bicyclic) bond motifs is 5. The number of benzene rings is 1. The van der Waals surface area contributed by atoms with Crippen LogP contribution < -0.4 is 0 Å². The maximum Gasteiger partial charge on any atom is 0.243 e. The summed E-state index contributed by atoms with van der Waals surface area (Å²) >= 11 is 0. The monoisotopic (exact) mass is 316 g/mol. The summed E-state index contributed by atoms with van der Waals surface area (Å²) in [5.74, 6) is 1.08. The van der Waals surface area contributed by atoms with Crippen molar-refractivity contribution in [1.29, 1.82) is 0 Å². The minimum absolute atomic E-state index is 0.398. The van der Waals surface area contributed by atoms with Crippen molar-refractivity contribution in [3.8, 4) is 0 Å². The zero-order valence-electron chi connectivity index (χ0n) is 12.5. The number of rotatable bonds is 2. The Morgan fingerprint density at radius 3 is 2.36 bits per heavy atom. The van der Waals surface area contributed by atoms with E-state index in [1.807, 2.05) is 12.1 Å². The van der Waals surface area contributed by atoms with Crippen molar-refractivity contribution in [1.82, 2.24) is 9.29 Å². The van der Waals surface area contributed by atoms with Gasteiger partial charge in [0.1, 0.15) is 0 Å². The number of sulfonamides is 1. The third-order valence-corrected chi connectivity index (χ3v) is 6.93. The molecule has 0 amide bonds. The first-order valence-electron chi connectivity index (χ1n) is 7.98. The third-order valence-electron chi connectivity index (χ3n) is 5.10. The third kappa shape index (κ3) is 2.42. The van der Waals surface area contributed by atoms with Crippen LogP contribution in [0, 0.1) is 11.8 Å². The molecule has 22 heavy (non-hydrogen) atoms. The fraction of sp³-hybridized carbons (Fsp3) is 0.471. The van der Waals surface area contributed by atoms with Crippen LogP contribution in [-0.2, 0) is 10.0 Å². The molecule has 1 aliphatic carbocycles. The molecule has 2 aromatic rings. The maximum atomic E-state index is 13.0. The lowest BCUT2D eigenvalue weighted by Crippen LogP contribution is -2.34. The number of hydrogen-bond acceptors (Lipinski definition) is 3. The highest BCUT2D eigenvalue weighted by Gasteiger charge is 2.35. The summed E-state index contributed by atoms with van der Waals surface area (Å²) in [7, 11) is -3.40. The Kier molecular flexibility index (Phi) is 3.42. The van der Waals surface area contributed by atoms with E-state index in [-0.39, 0.29) is 0 Å². The van der Waals surface area contributed by atoms with Gasteiger partial charge in [-0.15, -0.1) is 0 Å². The van der Waals surface area contributed by atoms with Crippen LogP contribution in [0.2, 0.25) is 0 Å². The predicted octanol–water partition coefficient (Wildman–Crippen LogP) is 3.05. The van der Waals surface area contributed by atoms with Gasteiger partial charge >= 0.3 is 0 Å². The lowest BCUT2D eigenvalue weighted by molar-refractivity contribution is 0.326. The molecule has 116 valence electrons. The van der Waals surface area contributed by atoms with E-state index in [9.17, 15) is 8.42 Å². The molecule has 1 aromatic carbocycles. The van der Waals surface area contributed by atoms with Gasteiger partial charge in [0.05, 0.1) is 10.4 Å². The number of pyridine rings is 1. The van der Waals surface area contributed by atoms with Crippen LogP contribution in [0.3, 0.4) is 0 Å². The first kappa shape index (κ1) is 14.2. The fourth-order valence-electron chi connectivity index (χ4n) is 3.81. The second-order valence-electron chi connectivity index (χ2n) is 6.57. The smallest absolute Gasteiger partial charge is 0.243 e. The quantitative estimate of drug-likeness (QED) is 0.855. The molecule has 0 atom stereocenters. The number of nitrogens with zero attached hydrogens (tertiary/aromatic N) is 2. The van der Waals surface area contributed by atoms with Gasteiger partial charge in [0.15, 0.2) is 0 Å². The Bertz CT molecular complexity index is 781. The first-order valence-corrected chi connectivity index (χ1v) is 9.42. The molecule has 3 fully saturated rings. The normalized spacial score (nSPS) is 26.2. The number of aromatic nitrogens is 1. The molecule has 0 unspecified atom stereocenters. The molecule has 3 aliphatic rings. The summed E-state index contributed by atoms with van der Waals surface area (Å²) < 4.78 is 27.7. The van der Waals surface area contributed by atoms with Gasteiger partial charge < -0.3 is 0 Å². The second-order valence-corrected chi connectivity index (χ2v) is 8.50. The molecular weight excluding hydrogens is 296 g/mol. The van der Waals surface area contributed by atoms with Crippen LogP contribution in [-0.4, -0.2) is 30.8 Å². The van der Waals surface area contributed by atoms with E-state index < -0.39 is 10.0 Å². The first-order chi connectivity index (χ1) is 10.6. The molecule has 2 bridgehead atoms. The van der Waals surface area contributed by atoms with E-state index >= 15 is 0 Å². The predicted molar refractivity (Wildman–Crippen MR) is 85.9 cm³/mol. The highest BCUT2D eigenvalue weighted by molar-refractivity contribution is 7.89. The van der Waals surface area contributed by atoms with E-state index in [2.05, 4.69) is 4.98 Å². The minimum atomic E-state index is -3.40. The molecular formula is C17H20N2O2S. The molecule has 2 aliphatic heterocycles. The summed E-state index contributed by atoms with van der Waals surface area (Å²) in [4.78, 5) is 4.66. The molecule has 1 aromatic heterocycles. The maximum absolute atomic E-state index is 13.0. The highest BCUT2D eigenvalue weighted by Crippen LogP contribution is 2.36. The van der Waals surface area contributed by atoms with Crippen LogP contribution in [0.5, 0.6) is 0 Å². The summed E-state index contributed by atoms with van der Waals surface area (Å²) in [6.45, 7) is 1.37. The van der Waals surface area contributed by atoms with Crippen molar-refractivity contribution < 1.29 is 8.42 Å². The van der Waals surface area contributed by atoms with E-state index in [0.717, 1.165) is 10.9 Å². The summed E-state index contributed by atoms with van der Waals surface area (Å²) in [6, 6.07) is 8.99. The summed E-state index contributed by atoms with van der Waals surface area (Å²) in [6.07, 6.45) is 6.44. The van der Waals surface area contributed by atoms with Crippen LogP contribution in [0.4, 0.5) is 0 Å². The molecule has 1 saturated carbocycles. The lowest BCUT2D eigenvalue weighted by atomic mass is 9.84. The van der Waals surface area contributed by atoms with Crippen molar-refractivity contribution in [3.63, 3.8) is 0 Å². The fourth-order valence-corrected chi connectivity index (χ4v) is 5.43. The molecule has 5 heteroatoms. The standard InChI is InChI=1S/C17H20N2O2S/c20-22(21,19-11-13-3-4-14(12-19)6-5-13)16-7-8-17-15(10-16)2-1-9-18-17/h1-2,7-10,13-14H,3-6,11-12H2. The van der Waals surface area contributed by atoms with Crippen molar-refractivity contribution in [2.45, 2.75) is 30.6 Å². The van der Waals surface area contributed by atoms with Gasteiger partial charge in [-0.25, -0.2) is 8.42 Å². The molecule has 4 nitrogen and oxygen atoms in total. The molecule has 0 N–H and O–H groups in total. The Morgan fingerprint density at radius 2 is 1.68 bits per heavy atom. The van der Waals surface area contributed by atoms with Crippen LogP contribution in [0.25, 0.3) is 10.9 Å². The zero-order chi connectivity index (χ0) is 15.2. The zero-order valence-corrected chi connectivity index (χ0v) is 13.3. The average Bonchev–Trinajstić information content (AvgIpc) is 2.89. The van der Waals surface area contributed by atoms with Gasteiger partial charge in [-0.3, -0.25) is 4.98 Å². The lowest BCUT2D eigenvalue weighted by Gasteiger charge is -2.22. The largest absolute Gasteiger partial charge is 0.256 e. The van der Waals surface area contributed by atoms with E-state index in [0.29, 0.717) is 29.8 Å². The molecule has 0 radical (unpaired) electrons. The van der Waals surface area contributed by atoms with Gasteiger partial charge in [0.2, 0.25) is 10.0 Å². The number of hydrogen-bond donors (Lipinski definition) is 0. The summed E-state index contributed by atoms with van der Waals surface area (Å²) in [5, 5.41) is 0.876. The topological polar surface area (TPSA) is 50.3 Å². The average molecular weight is 316 g/mol. The second kappa shape index (κ2) is 5.32. The Morgan fingerprint density at radius 1 is 1.00 bits per heavy atom. The SMILES string of the molecule is O=S(=O)(c1ccc2ncccc2c1)N1CC2CCC(CC2)C1. The Labute approximate surface area is 131 Å². The van der Waals surface area contributed by atoms with Crippen molar-refractivity contribution in [2.75, 3.05) is 13.1 Å². The minimum Gasteiger partial charge on any atom is -0.256 e. The Balaban J connectivity index is 1.72. The van der Waals surface area contributed by atoms with Crippen LogP contribution >= 0.6 is 0 Å². The van der Waals surface area contributed by atoms with Crippen LogP contribution in [0.1, 0.15) is 25.7 Å². The molecule has 5 rings (SSSR count). The van der Waals surface area contributed by atoms with Gasteiger partial charge in [-0.1, -0.05) is 6.07 Å². The van der Waals surface area contributed by atoms with E-state index in [1.165, 1.54) is 25.7 Å². The van der Waals surface area contributed by atoms with Gasteiger partial charge in [-0.2, -0.15) is 4.31 Å². The van der Waals surface area contributed by atoms with Gasteiger partial charge in [0.25, 0.3) is 0 Å². The van der Waals surface area contributed by atoms with Crippen molar-refractivity contribution >= 4 is 20.9 Å². The Hall–Kier alpha value is -1.46. The van der Waals surface area contributed by atoms with Crippen LogP contribution in [0.15, 0.2) is 41.4 Å². The van der Waals surface area contributed by atoms with E-state index in [1.54, 1.807) is 28.7 Å². The highest BCUT2D eigenvalue weighted by atomic mass is 32.2. The molecule has 3 heterocycles. The molecule has 2 saturated heterocycles. The molecule has 0 spiro atoms. The van der Waals surface area contributed by atoms with E-state index in [4.69, 9.17) is 0 Å².